The zero-order valence-corrected chi connectivity index (χ0v) is 10.0. The van der Waals surface area contributed by atoms with Crippen molar-refractivity contribution in [2.24, 2.45) is 10.8 Å². The molecule has 4 N–H and O–H groups in total. The number of nitrogens with zero attached hydrogens (tertiary/aromatic N) is 1. The Kier molecular flexibility index (Phi) is 3.33. The number of carbonyl (C=O) groups is 2. The maximum atomic E-state index is 11.7. The first-order valence-electron chi connectivity index (χ1n) is 5.12. The molecule has 0 spiro atoms. The van der Waals surface area contributed by atoms with Crippen LogP contribution in [0, 0.1) is 0 Å². The summed E-state index contributed by atoms with van der Waals surface area (Å²) >= 11 is 4.60. The summed E-state index contributed by atoms with van der Waals surface area (Å²) in [6, 6.07) is 8.88. The van der Waals surface area contributed by atoms with Crippen LogP contribution in [0.15, 0.2) is 35.4 Å². The zero-order chi connectivity index (χ0) is 13.1. The number of imide groups is 1. The van der Waals surface area contributed by atoms with Crippen molar-refractivity contribution in [1.82, 2.24) is 10.7 Å². The summed E-state index contributed by atoms with van der Waals surface area (Å²) in [6.07, 6.45) is 0. The molecule has 0 aliphatic carbocycles. The number of thiocarbonyl (C=S) groups is 1. The number of benzene rings is 1. The van der Waals surface area contributed by atoms with Gasteiger partial charge in [-0.05, 0) is 17.8 Å². The average molecular weight is 262 g/mol. The molecule has 0 aromatic heterocycles. The van der Waals surface area contributed by atoms with Crippen LogP contribution in [-0.2, 0) is 9.59 Å². The van der Waals surface area contributed by atoms with Gasteiger partial charge >= 0.3 is 0 Å². The second kappa shape index (κ2) is 4.92. The second-order valence-corrected chi connectivity index (χ2v) is 4.07. The SMILES string of the molecule is NC(=S)N/N=C1/C(=O)NC(=O)[C@@H]1c1ccccc1. The minimum Gasteiger partial charge on any atom is -0.375 e. The molecule has 1 heterocycles. The van der Waals surface area contributed by atoms with Gasteiger partial charge in [0, 0.05) is 0 Å². The van der Waals surface area contributed by atoms with E-state index in [4.69, 9.17) is 5.73 Å². The Morgan fingerprint density at radius 2 is 2.00 bits per heavy atom. The first-order valence-corrected chi connectivity index (χ1v) is 5.53. The van der Waals surface area contributed by atoms with Crippen LogP contribution in [0.5, 0.6) is 0 Å². The van der Waals surface area contributed by atoms with Gasteiger partial charge in [0.1, 0.15) is 11.6 Å². The van der Waals surface area contributed by atoms with Crippen LogP contribution in [0.3, 0.4) is 0 Å². The van der Waals surface area contributed by atoms with Gasteiger partial charge in [-0.1, -0.05) is 30.3 Å². The van der Waals surface area contributed by atoms with E-state index in [1.165, 1.54) is 0 Å². The molecule has 0 radical (unpaired) electrons. The van der Waals surface area contributed by atoms with E-state index in [0.29, 0.717) is 5.56 Å². The van der Waals surface area contributed by atoms with E-state index in [9.17, 15) is 9.59 Å². The standard InChI is InChI=1S/C11H10N4O2S/c12-11(18)15-14-8-7(9(16)13-10(8)17)6-4-2-1-3-5-6/h1-5,7H,(H3,12,15,18)(H,13,16,17)/b14-8+/t7-/m1/s1. The predicted octanol–water partition coefficient (Wildman–Crippen LogP) is -0.384. The fraction of sp³-hybridized carbons (Fsp3) is 0.0909. The van der Waals surface area contributed by atoms with Crippen LogP contribution in [-0.4, -0.2) is 22.6 Å². The molecule has 2 rings (SSSR count). The van der Waals surface area contributed by atoms with Gasteiger partial charge in [-0.2, -0.15) is 5.10 Å². The summed E-state index contributed by atoms with van der Waals surface area (Å²) in [4.78, 5) is 23.3. The number of rotatable bonds is 2. The first-order chi connectivity index (χ1) is 8.59. The third kappa shape index (κ3) is 2.35. The maximum Gasteiger partial charge on any atom is 0.275 e. The van der Waals surface area contributed by atoms with E-state index in [1.807, 2.05) is 6.07 Å². The summed E-state index contributed by atoms with van der Waals surface area (Å²) in [7, 11) is 0. The molecule has 1 aromatic carbocycles. The monoisotopic (exact) mass is 262 g/mol. The van der Waals surface area contributed by atoms with Gasteiger partial charge in [-0.25, -0.2) is 0 Å². The largest absolute Gasteiger partial charge is 0.375 e. The van der Waals surface area contributed by atoms with E-state index < -0.39 is 17.7 Å². The predicted molar refractivity (Wildman–Crippen MR) is 69.7 cm³/mol. The molecule has 0 saturated carbocycles. The Hall–Kier alpha value is -2.28. The van der Waals surface area contributed by atoms with Crippen molar-refractivity contribution in [1.29, 1.82) is 0 Å². The van der Waals surface area contributed by atoms with Crippen molar-refractivity contribution in [3.8, 4) is 0 Å². The fourth-order valence-electron chi connectivity index (χ4n) is 1.69. The van der Waals surface area contributed by atoms with Crippen molar-refractivity contribution in [2.45, 2.75) is 5.92 Å². The summed E-state index contributed by atoms with van der Waals surface area (Å²) in [5, 5.41) is 5.92. The third-order valence-corrected chi connectivity index (χ3v) is 2.52. The molecular formula is C11H10N4O2S. The summed E-state index contributed by atoms with van der Waals surface area (Å²) in [5.41, 5.74) is 8.29. The van der Waals surface area contributed by atoms with Gasteiger partial charge in [0.25, 0.3) is 5.91 Å². The average Bonchev–Trinajstić information content (AvgIpc) is 2.62. The second-order valence-electron chi connectivity index (χ2n) is 3.64. The van der Waals surface area contributed by atoms with Crippen LogP contribution in [0.4, 0.5) is 0 Å². The lowest BCUT2D eigenvalue weighted by Crippen LogP contribution is -2.28. The zero-order valence-electron chi connectivity index (χ0n) is 9.21. The molecule has 18 heavy (non-hydrogen) atoms. The molecule has 1 aliphatic heterocycles. The molecule has 2 amide bonds. The van der Waals surface area contributed by atoms with Gasteiger partial charge in [0.15, 0.2) is 5.11 Å². The maximum absolute atomic E-state index is 11.7. The van der Waals surface area contributed by atoms with Gasteiger partial charge < -0.3 is 5.73 Å². The fourth-order valence-corrected chi connectivity index (χ4v) is 1.73. The molecule has 1 fully saturated rings. The number of hydrogen-bond acceptors (Lipinski definition) is 4. The van der Waals surface area contributed by atoms with Crippen LogP contribution in [0.1, 0.15) is 11.5 Å². The molecule has 92 valence electrons. The normalized spacial score (nSPS) is 20.9. The lowest BCUT2D eigenvalue weighted by atomic mass is 9.96. The lowest BCUT2D eigenvalue weighted by Gasteiger charge is -2.07. The first kappa shape index (κ1) is 12.2. The highest BCUT2D eigenvalue weighted by atomic mass is 32.1. The van der Waals surface area contributed by atoms with Crippen LogP contribution in [0.25, 0.3) is 0 Å². The summed E-state index contributed by atoms with van der Waals surface area (Å²) in [6.45, 7) is 0. The number of hydrazone groups is 1. The molecule has 1 saturated heterocycles. The summed E-state index contributed by atoms with van der Waals surface area (Å²) in [5.74, 6) is -1.69. The van der Waals surface area contributed by atoms with Gasteiger partial charge in [0.05, 0.1) is 0 Å². The number of nitrogens with one attached hydrogen (secondary N) is 2. The Labute approximate surface area is 108 Å². The molecule has 1 aromatic rings. The Balaban J connectivity index is 2.37. The van der Waals surface area contributed by atoms with Gasteiger partial charge in [-0.3, -0.25) is 20.3 Å². The van der Waals surface area contributed by atoms with Crippen molar-refractivity contribution in [3.63, 3.8) is 0 Å². The highest BCUT2D eigenvalue weighted by molar-refractivity contribution is 7.80. The molecule has 1 aliphatic rings. The van der Waals surface area contributed by atoms with Gasteiger partial charge in [-0.15, -0.1) is 0 Å². The highest BCUT2D eigenvalue weighted by Crippen LogP contribution is 2.21. The molecule has 1 atom stereocenters. The van der Waals surface area contributed by atoms with Crippen molar-refractivity contribution < 1.29 is 9.59 Å². The van der Waals surface area contributed by atoms with Crippen LogP contribution >= 0.6 is 12.2 Å². The number of carbonyl (C=O) groups excluding carboxylic acids is 2. The molecule has 7 heteroatoms. The molecular weight excluding hydrogens is 252 g/mol. The smallest absolute Gasteiger partial charge is 0.275 e. The van der Waals surface area contributed by atoms with E-state index in [0.717, 1.165) is 0 Å². The number of hydrogen-bond donors (Lipinski definition) is 3. The minimum absolute atomic E-state index is 0.0546. The Bertz CT molecular complexity index is 541. The molecule has 0 unspecified atom stereocenters. The van der Waals surface area contributed by atoms with E-state index >= 15 is 0 Å². The Morgan fingerprint density at radius 1 is 1.33 bits per heavy atom. The van der Waals surface area contributed by atoms with E-state index in [2.05, 4.69) is 28.1 Å². The highest BCUT2D eigenvalue weighted by Gasteiger charge is 2.39. The summed E-state index contributed by atoms with van der Waals surface area (Å²) < 4.78 is 0. The third-order valence-electron chi connectivity index (χ3n) is 2.42. The van der Waals surface area contributed by atoms with E-state index in [1.54, 1.807) is 24.3 Å². The van der Waals surface area contributed by atoms with Crippen LogP contribution < -0.4 is 16.5 Å². The van der Waals surface area contributed by atoms with Gasteiger partial charge in [0.2, 0.25) is 5.91 Å². The topological polar surface area (TPSA) is 96.6 Å². The Morgan fingerprint density at radius 3 is 2.61 bits per heavy atom. The van der Waals surface area contributed by atoms with Crippen molar-refractivity contribution in [3.05, 3.63) is 35.9 Å². The lowest BCUT2D eigenvalue weighted by molar-refractivity contribution is -0.124. The number of amides is 2. The van der Waals surface area contributed by atoms with Crippen molar-refractivity contribution in [2.75, 3.05) is 0 Å². The minimum atomic E-state index is -0.736. The quantitative estimate of drug-likeness (QED) is 0.383. The van der Waals surface area contributed by atoms with E-state index in [-0.39, 0.29) is 10.8 Å². The molecule has 0 bridgehead atoms. The van der Waals surface area contributed by atoms with Crippen molar-refractivity contribution >= 4 is 34.9 Å². The van der Waals surface area contributed by atoms with Crippen LogP contribution in [0.2, 0.25) is 0 Å². The molecule has 6 nitrogen and oxygen atoms in total. The number of nitrogens with two attached hydrogens (primary N) is 1.